The number of likely N-dealkylation sites (tertiary alicyclic amines) is 1. The predicted octanol–water partition coefficient (Wildman–Crippen LogP) is 4.94. The second-order valence-electron chi connectivity index (χ2n) is 8.26. The molecule has 0 bridgehead atoms. The Balaban J connectivity index is 1.55. The molecule has 0 unspecified atom stereocenters. The molecule has 0 saturated carbocycles. The second-order valence-corrected chi connectivity index (χ2v) is 9.05. The largest absolute Gasteiger partial charge is 0.481 e. The van der Waals surface area contributed by atoms with Crippen molar-refractivity contribution in [3.63, 3.8) is 0 Å². The van der Waals surface area contributed by atoms with E-state index in [1.165, 1.54) is 14.2 Å². The molecule has 9 heteroatoms. The van der Waals surface area contributed by atoms with Gasteiger partial charge >= 0.3 is 12.0 Å². The summed E-state index contributed by atoms with van der Waals surface area (Å²) in [7, 11) is 3.03. The number of nitrogens with zero attached hydrogens (tertiary/aromatic N) is 3. The van der Waals surface area contributed by atoms with Crippen LogP contribution in [0.2, 0.25) is 0 Å². The molecule has 2 aromatic carbocycles. The van der Waals surface area contributed by atoms with Gasteiger partial charge in [-0.3, -0.25) is 9.69 Å². The molecule has 0 radical (unpaired) electrons. The van der Waals surface area contributed by atoms with Gasteiger partial charge in [0.1, 0.15) is 12.6 Å². The summed E-state index contributed by atoms with van der Waals surface area (Å²) in [5.74, 6) is -0.218. The fourth-order valence-corrected chi connectivity index (χ4v) is 4.91. The van der Waals surface area contributed by atoms with Crippen molar-refractivity contribution < 1.29 is 24.1 Å². The zero-order chi connectivity index (χ0) is 24.8. The normalized spacial score (nSPS) is 16.0. The monoisotopic (exact) mass is 541 g/mol. The van der Waals surface area contributed by atoms with E-state index >= 15 is 0 Å². The first kappa shape index (κ1) is 24.9. The first-order chi connectivity index (χ1) is 17.0. The number of rotatable bonds is 9. The molecule has 1 N–H and O–H groups in total. The van der Waals surface area contributed by atoms with E-state index in [4.69, 9.17) is 14.2 Å². The Bertz CT molecular complexity index is 1150. The third-order valence-electron chi connectivity index (χ3n) is 6.08. The highest BCUT2D eigenvalue weighted by Crippen LogP contribution is 2.33. The van der Waals surface area contributed by atoms with Crippen molar-refractivity contribution in [1.82, 2.24) is 14.9 Å². The van der Waals surface area contributed by atoms with Crippen molar-refractivity contribution in [2.75, 3.05) is 20.8 Å². The van der Waals surface area contributed by atoms with E-state index in [0.29, 0.717) is 36.8 Å². The average molecular weight is 542 g/mol. The molecular weight excluding hydrogens is 514 g/mol. The van der Waals surface area contributed by atoms with Crippen molar-refractivity contribution in [2.45, 2.75) is 38.5 Å². The second kappa shape index (κ2) is 11.5. The smallest absolute Gasteiger partial charge is 0.323 e. The van der Waals surface area contributed by atoms with Crippen LogP contribution in [0.25, 0.3) is 11.1 Å². The Labute approximate surface area is 213 Å². The molecule has 0 amide bonds. The maximum Gasteiger partial charge on any atom is 0.323 e. The molecule has 35 heavy (non-hydrogen) atoms. The fraction of sp³-hybridized carbons (Fsp3) is 0.346. The van der Waals surface area contributed by atoms with Crippen LogP contribution in [0.5, 0.6) is 17.8 Å². The average Bonchev–Trinajstić information content (AvgIpc) is 2.89. The zero-order valence-corrected chi connectivity index (χ0v) is 21.3. The molecule has 1 saturated heterocycles. The Morgan fingerprint density at radius 1 is 1.06 bits per heavy atom. The maximum absolute atomic E-state index is 11.7. The highest BCUT2D eigenvalue weighted by atomic mass is 79.9. The maximum atomic E-state index is 11.7. The first-order valence-electron chi connectivity index (χ1n) is 11.4. The van der Waals surface area contributed by atoms with Gasteiger partial charge in [0.15, 0.2) is 0 Å². The highest BCUT2D eigenvalue weighted by molar-refractivity contribution is 9.10. The van der Waals surface area contributed by atoms with E-state index in [9.17, 15) is 9.90 Å². The summed E-state index contributed by atoms with van der Waals surface area (Å²) in [6.45, 7) is 1.22. The fourth-order valence-electron chi connectivity index (χ4n) is 4.30. The number of hydrogen-bond donors (Lipinski definition) is 1. The molecule has 1 aliphatic rings. The van der Waals surface area contributed by atoms with E-state index < -0.39 is 12.0 Å². The minimum atomic E-state index is -0.827. The van der Waals surface area contributed by atoms with Gasteiger partial charge in [0.25, 0.3) is 0 Å². The van der Waals surface area contributed by atoms with Crippen molar-refractivity contribution in [3.8, 4) is 28.9 Å². The van der Waals surface area contributed by atoms with Gasteiger partial charge in [0, 0.05) is 16.6 Å². The van der Waals surface area contributed by atoms with Gasteiger partial charge in [-0.25, -0.2) is 0 Å². The summed E-state index contributed by atoms with van der Waals surface area (Å²) in [5, 5.41) is 9.62. The summed E-state index contributed by atoms with van der Waals surface area (Å²) in [6, 6.07) is 15.7. The van der Waals surface area contributed by atoms with Gasteiger partial charge in [-0.05, 0) is 46.4 Å². The summed E-state index contributed by atoms with van der Waals surface area (Å²) in [5.41, 5.74) is 3.70. The standard InChI is InChI=1S/C26H28BrN3O5/c1-33-23-20(15-30-14-7-6-13-21(30)25(31)32)24(34-2)29-26(28-23)35-16-18-11-8-12-19(22(18)27)17-9-4-3-5-10-17/h3-5,8-12,21H,6-7,13-16H2,1-2H3,(H,31,32)/t21-/m0/s1. The molecule has 1 fully saturated rings. The molecule has 1 atom stereocenters. The number of hydrogen-bond acceptors (Lipinski definition) is 7. The minimum Gasteiger partial charge on any atom is -0.481 e. The lowest BCUT2D eigenvalue weighted by Gasteiger charge is -2.33. The van der Waals surface area contributed by atoms with Crippen LogP contribution < -0.4 is 14.2 Å². The number of methoxy groups -OCH3 is 2. The first-order valence-corrected chi connectivity index (χ1v) is 12.2. The van der Waals surface area contributed by atoms with Crippen LogP contribution in [-0.2, 0) is 17.9 Å². The number of aromatic nitrogens is 2. The number of ether oxygens (including phenoxy) is 3. The van der Waals surface area contributed by atoms with E-state index in [0.717, 1.165) is 34.0 Å². The van der Waals surface area contributed by atoms with E-state index in [2.05, 4.69) is 38.0 Å². The molecular formula is C26H28BrN3O5. The number of piperidine rings is 1. The zero-order valence-electron chi connectivity index (χ0n) is 19.7. The minimum absolute atomic E-state index is 0.118. The van der Waals surface area contributed by atoms with E-state index in [-0.39, 0.29) is 12.6 Å². The number of halogens is 1. The molecule has 184 valence electrons. The summed E-state index contributed by atoms with van der Waals surface area (Å²) >= 11 is 3.71. The summed E-state index contributed by atoms with van der Waals surface area (Å²) in [4.78, 5) is 22.5. The van der Waals surface area contributed by atoms with Gasteiger partial charge in [-0.1, -0.05) is 55.0 Å². The van der Waals surface area contributed by atoms with Crippen LogP contribution in [0.4, 0.5) is 0 Å². The Hall–Kier alpha value is -3.17. The third kappa shape index (κ3) is 5.74. The van der Waals surface area contributed by atoms with Gasteiger partial charge in [-0.2, -0.15) is 9.97 Å². The van der Waals surface area contributed by atoms with E-state index in [1.54, 1.807) is 0 Å². The number of carbonyl (C=O) groups is 1. The lowest BCUT2D eigenvalue weighted by molar-refractivity contribution is -0.144. The lowest BCUT2D eigenvalue weighted by Crippen LogP contribution is -2.44. The van der Waals surface area contributed by atoms with Crippen LogP contribution in [0.3, 0.4) is 0 Å². The molecule has 1 aromatic heterocycles. The highest BCUT2D eigenvalue weighted by Gasteiger charge is 2.31. The molecule has 0 aliphatic carbocycles. The summed E-state index contributed by atoms with van der Waals surface area (Å²) in [6.07, 6.45) is 2.44. The summed E-state index contributed by atoms with van der Waals surface area (Å²) < 4.78 is 17.9. The molecule has 4 rings (SSSR count). The van der Waals surface area contributed by atoms with Crippen molar-refractivity contribution in [2.24, 2.45) is 0 Å². The van der Waals surface area contributed by atoms with Crippen molar-refractivity contribution >= 4 is 21.9 Å². The Kier molecular flexibility index (Phi) is 8.20. The molecule has 1 aliphatic heterocycles. The van der Waals surface area contributed by atoms with Gasteiger partial charge in [0.2, 0.25) is 11.8 Å². The topological polar surface area (TPSA) is 94.0 Å². The van der Waals surface area contributed by atoms with Crippen LogP contribution >= 0.6 is 15.9 Å². The van der Waals surface area contributed by atoms with Crippen molar-refractivity contribution in [1.29, 1.82) is 0 Å². The number of benzene rings is 2. The molecule has 0 spiro atoms. The van der Waals surface area contributed by atoms with Crippen molar-refractivity contribution in [3.05, 3.63) is 64.1 Å². The SMILES string of the molecule is COc1nc(OCc2cccc(-c3ccccc3)c2Br)nc(OC)c1CN1CCCC[C@H]1C(=O)O. The van der Waals surface area contributed by atoms with Crippen LogP contribution in [0.15, 0.2) is 53.0 Å². The van der Waals surface area contributed by atoms with Gasteiger partial charge < -0.3 is 19.3 Å². The van der Waals surface area contributed by atoms with Crippen LogP contribution in [-0.4, -0.2) is 52.7 Å². The quantitative estimate of drug-likeness (QED) is 0.407. The number of carboxylic acid groups (broad SMARTS) is 1. The molecule has 3 aromatic rings. The predicted molar refractivity (Wildman–Crippen MR) is 135 cm³/mol. The van der Waals surface area contributed by atoms with Gasteiger partial charge in [-0.15, -0.1) is 0 Å². The Morgan fingerprint density at radius 2 is 1.77 bits per heavy atom. The molecule has 2 heterocycles. The Morgan fingerprint density at radius 3 is 2.43 bits per heavy atom. The number of carboxylic acids is 1. The molecule has 8 nitrogen and oxygen atoms in total. The van der Waals surface area contributed by atoms with Gasteiger partial charge in [0.05, 0.1) is 19.8 Å². The van der Waals surface area contributed by atoms with Crippen LogP contribution in [0.1, 0.15) is 30.4 Å². The number of aliphatic carboxylic acids is 1. The third-order valence-corrected chi connectivity index (χ3v) is 7.01. The lowest BCUT2D eigenvalue weighted by atomic mass is 10.0. The van der Waals surface area contributed by atoms with Crippen LogP contribution in [0, 0.1) is 0 Å². The van der Waals surface area contributed by atoms with E-state index in [1.807, 2.05) is 41.3 Å².